The first kappa shape index (κ1) is 20.5. The Kier molecular flexibility index (Phi) is 5.50. The molecule has 0 amide bonds. The van der Waals surface area contributed by atoms with E-state index < -0.39 is 0 Å². The van der Waals surface area contributed by atoms with Crippen molar-refractivity contribution < 1.29 is 0 Å². The van der Waals surface area contributed by atoms with Gasteiger partial charge >= 0.3 is 0 Å². The lowest BCUT2D eigenvalue weighted by Gasteiger charge is -2.15. The highest BCUT2D eigenvalue weighted by Gasteiger charge is 2.22. The first-order chi connectivity index (χ1) is 15.6. The minimum atomic E-state index is 0.929. The van der Waals surface area contributed by atoms with Crippen molar-refractivity contribution in [3.8, 4) is 39.6 Å². The zero-order valence-corrected chi connectivity index (χ0v) is 19.7. The molecule has 1 heterocycles. The molecule has 5 rings (SSSR count). The minimum absolute atomic E-state index is 0.929. The van der Waals surface area contributed by atoms with E-state index in [4.69, 9.17) is 4.98 Å². The zero-order chi connectivity index (χ0) is 22.1. The molecule has 0 aliphatic heterocycles. The highest BCUT2D eigenvalue weighted by molar-refractivity contribution is 9.10. The van der Waals surface area contributed by atoms with Crippen LogP contribution in [0.4, 0.5) is 0 Å². The molecule has 4 aromatic carbocycles. The van der Waals surface area contributed by atoms with Crippen LogP contribution in [-0.4, -0.2) is 9.55 Å². The topological polar surface area (TPSA) is 17.8 Å². The second kappa shape index (κ2) is 8.60. The number of rotatable bonds is 4. The van der Waals surface area contributed by atoms with Crippen LogP contribution in [-0.2, 0) is 0 Å². The summed E-state index contributed by atoms with van der Waals surface area (Å²) in [6, 6.07) is 36.0. The van der Waals surface area contributed by atoms with Crippen molar-refractivity contribution in [2.24, 2.45) is 0 Å². The molecule has 5 aromatic rings. The molecular formula is C29H23BrN2. The number of imidazole rings is 1. The van der Waals surface area contributed by atoms with Gasteiger partial charge in [0.25, 0.3) is 0 Å². The first-order valence-electron chi connectivity index (χ1n) is 10.7. The van der Waals surface area contributed by atoms with Crippen LogP contribution in [0.3, 0.4) is 0 Å². The first-order valence-corrected chi connectivity index (χ1v) is 11.5. The monoisotopic (exact) mass is 478 g/mol. The average molecular weight is 479 g/mol. The Hall–Kier alpha value is -3.43. The number of hydrogen-bond donors (Lipinski definition) is 0. The SMILES string of the molecule is Cc1ccc(-n2c(-c3ccc(Br)cc3)nc(-c3ccccc3)c2-c2ccccc2)cc1C. The molecule has 0 N–H and O–H groups in total. The summed E-state index contributed by atoms with van der Waals surface area (Å²) in [5, 5.41) is 0. The molecule has 0 radical (unpaired) electrons. The van der Waals surface area contributed by atoms with Crippen LogP contribution in [0.1, 0.15) is 11.1 Å². The number of aryl methyl sites for hydroxylation is 2. The average Bonchev–Trinajstić information content (AvgIpc) is 3.23. The van der Waals surface area contributed by atoms with Crippen LogP contribution in [0.15, 0.2) is 108 Å². The third-order valence-corrected chi connectivity index (χ3v) is 6.35. The molecule has 0 aliphatic rings. The maximum atomic E-state index is 5.23. The number of benzene rings is 4. The summed E-state index contributed by atoms with van der Waals surface area (Å²) < 4.78 is 3.35. The van der Waals surface area contributed by atoms with Crippen LogP contribution < -0.4 is 0 Å². The summed E-state index contributed by atoms with van der Waals surface area (Å²) in [6.45, 7) is 4.31. The van der Waals surface area contributed by atoms with Crippen molar-refractivity contribution in [3.05, 3.63) is 119 Å². The minimum Gasteiger partial charge on any atom is -0.292 e. The molecule has 0 fully saturated rings. The van der Waals surface area contributed by atoms with Gasteiger partial charge in [0.05, 0.1) is 11.4 Å². The fraction of sp³-hybridized carbons (Fsp3) is 0.0690. The molecule has 0 spiro atoms. The summed E-state index contributed by atoms with van der Waals surface area (Å²) in [5.41, 5.74) is 9.05. The summed E-state index contributed by atoms with van der Waals surface area (Å²) in [6.07, 6.45) is 0. The van der Waals surface area contributed by atoms with Crippen LogP contribution in [0.2, 0.25) is 0 Å². The highest BCUT2D eigenvalue weighted by Crippen LogP contribution is 2.39. The van der Waals surface area contributed by atoms with Gasteiger partial charge < -0.3 is 0 Å². The van der Waals surface area contributed by atoms with E-state index in [0.29, 0.717) is 0 Å². The molecule has 0 bridgehead atoms. The maximum Gasteiger partial charge on any atom is 0.145 e. The van der Waals surface area contributed by atoms with Gasteiger partial charge in [0, 0.05) is 26.9 Å². The van der Waals surface area contributed by atoms with Crippen molar-refractivity contribution in [1.82, 2.24) is 9.55 Å². The Morgan fingerprint density at radius 3 is 1.88 bits per heavy atom. The summed E-state index contributed by atoms with van der Waals surface area (Å²) in [7, 11) is 0. The normalized spacial score (nSPS) is 11.0. The van der Waals surface area contributed by atoms with E-state index >= 15 is 0 Å². The third-order valence-electron chi connectivity index (χ3n) is 5.82. The van der Waals surface area contributed by atoms with Gasteiger partial charge in [-0.25, -0.2) is 4.98 Å². The van der Waals surface area contributed by atoms with Crippen molar-refractivity contribution in [2.75, 3.05) is 0 Å². The summed E-state index contributed by atoms with van der Waals surface area (Å²) in [4.78, 5) is 5.23. The lowest BCUT2D eigenvalue weighted by molar-refractivity contribution is 1.07. The molecule has 2 nitrogen and oxygen atoms in total. The quantitative estimate of drug-likeness (QED) is 0.254. The van der Waals surface area contributed by atoms with Gasteiger partial charge in [-0.15, -0.1) is 0 Å². The fourth-order valence-corrected chi connectivity index (χ4v) is 4.25. The lowest BCUT2D eigenvalue weighted by Crippen LogP contribution is -2.01. The predicted molar refractivity (Wildman–Crippen MR) is 137 cm³/mol. The molecule has 0 saturated heterocycles. The van der Waals surface area contributed by atoms with Crippen molar-refractivity contribution in [2.45, 2.75) is 13.8 Å². The van der Waals surface area contributed by atoms with Gasteiger partial charge in [-0.05, 0) is 49.2 Å². The largest absolute Gasteiger partial charge is 0.292 e. The Bertz CT molecular complexity index is 1370. The Balaban J connectivity index is 1.89. The van der Waals surface area contributed by atoms with Gasteiger partial charge in [-0.2, -0.15) is 0 Å². The second-order valence-electron chi connectivity index (χ2n) is 7.98. The van der Waals surface area contributed by atoms with E-state index in [1.54, 1.807) is 0 Å². The number of halogens is 1. The molecule has 0 atom stereocenters. The predicted octanol–water partition coefficient (Wildman–Crippen LogP) is 8.25. The van der Waals surface area contributed by atoms with Crippen molar-refractivity contribution >= 4 is 15.9 Å². The van der Waals surface area contributed by atoms with E-state index in [2.05, 4.69) is 131 Å². The summed E-state index contributed by atoms with van der Waals surface area (Å²) >= 11 is 3.56. The van der Waals surface area contributed by atoms with Crippen LogP contribution >= 0.6 is 15.9 Å². The number of nitrogens with zero attached hydrogens (tertiary/aromatic N) is 2. The van der Waals surface area contributed by atoms with Gasteiger partial charge in [0.1, 0.15) is 5.82 Å². The molecule has 0 unspecified atom stereocenters. The van der Waals surface area contributed by atoms with Gasteiger partial charge in [-0.1, -0.05) is 94.8 Å². The zero-order valence-electron chi connectivity index (χ0n) is 18.1. The standard InChI is InChI=1S/C29H23BrN2/c1-20-13-18-26(19-21(20)2)32-28(23-11-7-4-8-12-23)27(22-9-5-3-6-10-22)31-29(32)24-14-16-25(30)17-15-24/h3-19H,1-2H3. The molecule has 1 aromatic heterocycles. The highest BCUT2D eigenvalue weighted by atomic mass is 79.9. The van der Waals surface area contributed by atoms with E-state index in [-0.39, 0.29) is 0 Å². The van der Waals surface area contributed by atoms with E-state index in [9.17, 15) is 0 Å². The van der Waals surface area contributed by atoms with E-state index in [0.717, 1.165) is 44.1 Å². The number of hydrogen-bond acceptors (Lipinski definition) is 1. The van der Waals surface area contributed by atoms with Gasteiger partial charge in [-0.3, -0.25) is 4.57 Å². The third kappa shape index (κ3) is 3.80. The van der Waals surface area contributed by atoms with Crippen molar-refractivity contribution in [3.63, 3.8) is 0 Å². The van der Waals surface area contributed by atoms with Crippen LogP contribution in [0.25, 0.3) is 39.6 Å². The maximum absolute atomic E-state index is 5.23. The van der Waals surface area contributed by atoms with E-state index in [1.165, 1.54) is 11.1 Å². The Morgan fingerprint density at radius 1 is 0.625 bits per heavy atom. The van der Waals surface area contributed by atoms with Crippen LogP contribution in [0.5, 0.6) is 0 Å². The molecule has 0 saturated carbocycles. The fourth-order valence-electron chi connectivity index (χ4n) is 3.99. The van der Waals surface area contributed by atoms with Crippen LogP contribution in [0, 0.1) is 13.8 Å². The Labute approximate surface area is 197 Å². The molecule has 0 aliphatic carbocycles. The summed E-state index contributed by atoms with van der Waals surface area (Å²) in [5.74, 6) is 0.929. The van der Waals surface area contributed by atoms with E-state index in [1.807, 2.05) is 6.07 Å². The second-order valence-corrected chi connectivity index (χ2v) is 8.89. The lowest BCUT2D eigenvalue weighted by atomic mass is 10.0. The molecule has 3 heteroatoms. The number of aromatic nitrogens is 2. The molecular weight excluding hydrogens is 456 g/mol. The molecule has 156 valence electrons. The molecule has 32 heavy (non-hydrogen) atoms. The smallest absolute Gasteiger partial charge is 0.145 e. The van der Waals surface area contributed by atoms with Gasteiger partial charge in [0.15, 0.2) is 0 Å². The van der Waals surface area contributed by atoms with Crippen molar-refractivity contribution in [1.29, 1.82) is 0 Å². The Morgan fingerprint density at radius 2 is 1.25 bits per heavy atom. The van der Waals surface area contributed by atoms with Gasteiger partial charge in [0.2, 0.25) is 0 Å².